The Balaban J connectivity index is 0.000000180. The van der Waals surface area contributed by atoms with E-state index >= 15 is 0 Å². The predicted molar refractivity (Wildman–Crippen MR) is 455 cm³/mol. The molecule has 0 aliphatic rings. The zero-order chi connectivity index (χ0) is 78.7. The van der Waals surface area contributed by atoms with Crippen LogP contribution in [0.3, 0.4) is 0 Å². The van der Waals surface area contributed by atoms with Gasteiger partial charge in [0.1, 0.15) is 46.0 Å². The standard InChI is InChI=1S/C50H32Cl2O4.C48H32Cl2O6S2/c51-41-21-11-35(12-22-41)49(53)37-15-25-43(26-16-37)55-47-29-19-39(31-45(47)33-7-3-1-4-8-33)40-20-30-48(46(32-40)34-9-5-2-6-10-34)56-44-27-17-38(18-28-44)50(54)36-13-23-42(52)24-14-36;49-37-13-21-41(22-14-37)57(51,52)43-25-17-39(18-26-43)55-47-29-11-35(31-45(47)33-7-3-1-4-8-33)36-12-30-48(46(32-36)34-9-5-2-6-10-34)56-40-19-27-44(28-20-40)58(53,54)42-23-15-38(50)16-24-42/h1-32H;1-32H. The second-order valence-corrected chi connectivity index (χ2v) is 31.9. The van der Waals surface area contributed by atoms with Crippen LogP contribution in [0.2, 0.25) is 20.1 Å². The first kappa shape index (κ1) is 76.5. The molecule has 114 heavy (non-hydrogen) atoms. The number of ketones is 2. The van der Waals surface area contributed by atoms with E-state index in [9.17, 15) is 26.4 Å². The van der Waals surface area contributed by atoms with E-state index in [1.54, 1.807) is 121 Å². The van der Waals surface area contributed by atoms with Crippen LogP contribution >= 0.6 is 46.4 Å². The molecule has 0 fully saturated rings. The summed E-state index contributed by atoms with van der Waals surface area (Å²) in [6, 6.07) is 117. The van der Waals surface area contributed by atoms with Crippen LogP contribution in [-0.2, 0) is 19.7 Å². The van der Waals surface area contributed by atoms with Crippen LogP contribution < -0.4 is 18.9 Å². The molecule has 0 N–H and O–H groups in total. The smallest absolute Gasteiger partial charge is 0.206 e. The molecular formula is C98H64Cl4O10S2. The molecule has 16 aromatic carbocycles. The lowest BCUT2D eigenvalue weighted by molar-refractivity contribution is 0.103. The van der Waals surface area contributed by atoms with Crippen molar-refractivity contribution in [3.8, 4) is 113 Å². The molecule has 16 heteroatoms. The van der Waals surface area contributed by atoms with E-state index in [4.69, 9.17) is 65.4 Å². The molecular weight excluding hydrogens is 1540 g/mol. The van der Waals surface area contributed by atoms with Gasteiger partial charge in [-0.1, -0.05) is 192 Å². The molecule has 16 rings (SSSR count). The molecule has 16 aromatic rings. The van der Waals surface area contributed by atoms with Crippen LogP contribution in [0.25, 0.3) is 66.8 Å². The van der Waals surface area contributed by atoms with Gasteiger partial charge in [-0.05, 0) is 287 Å². The van der Waals surface area contributed by atoms with Gasteiger partial charge in [0.25, 0.3) is 0 Å². The summed E-state index contributed by atoms with van der Waals surface area (Å²) in [6.45, 7) is 0. The Bertz CT molecular complexity index is 5970. The van der Waals surface area contributed by atoms with Crippen LogP contribution in [0.5, 0.6) is 46.0 Å². The van der Waals surface area contributed by atoms with Crippen molar-refractivity contribution in [3.05, 3.63) is 431 Å². The molecule has 0 bridgehead atoms. The van der Waals surface area contributed by atoms with Crippen molar-refractivity contribution in [2.24, 2.45) is 0 Å². The molecule has 0 aliphatic carbocycles. The van der Waals surface area contributed by atoms with Gasteiger partial charge < -0.3 is 18.9 Å². The molecule has 556 valence electrons. The summed E-state index contributed by atoms with van der Waals surface area (Å²) in [5, 5.41) is 2.07. The van der Waals surface area contributed by atoms with Crippen molar-refractivity contribution < 1.29 is 45.4 Å². The van der Waals surface area contributed by atoms with Gasteiger partial charge >= 0.3 is 0 Å². The lowest BCUT2D eigenvalue weighted by atomic mass is 9.95. The third-order valence-corrected chi connectivity index (χ3v) is 23.4. The van der Waals surface area contributed by atoms with Crippen molar-refractivity contribution in [1.82, 2.24) is 0 Å². The van der Waals surface area contributed by atoms with Crippen LogP contribution in [-0.4, -0.2) is 28.4 Å². The molecule has 0 saturated heterocycles. The Hall–Kier alpha value is -12.9. The number of ether oxygens (including phenoxy) is 4. The second-order valence-electron chi connectivity index (χ2n) is 26.3. The van der Waals surface area contributed by atoms with E-state index in [1.165, 1.54) is 48.5 Å². The number of halogens is 4. The number of hydrogen-bond donors (Lipinski definition) is 0. The number of rotatable bonds is 22. The average Bonchev–Trinajstić information content (AvgIpc) is 0.802. The van der Waals surface area contributed by atoms with Gasteiger partial charge in [0.15, 0.2) is 11.6 Å². The second kappa shape index (κ2) is 34.4. The number of carbonyl (C=O) groups is 2. The SMILES string of the molecule is O=C(c1ccc(Cl)cc1)c1ccc(Oc2ccc(-c3ccc(Oc4ccc(C(=O)c5ccc(Cl)cc5)cc4)c(-c4ccccc4)c3)cc2-c2ccccc2)cc1.O=S(=O)(c1ccc(Cl)cc1)c1ccc(Oc2ccc(-c3ccc(Oc4ccc(S(=O)(=O)c5ccc(Cl)cc5)cc4)c(-c4ccccc4)c3)cc2-c2ccccc2)cc1. The molecule has 0 saturated carbocycles. The summed E-state index contributed by atoms with van der Waals surface area (Å²) < 4.78 is 78.7. The maximum Gasteiger partial charge on any atom is 0.206 e. The monoisotopic (exact) mass is 1600 g/mol. The third kappa shape index (κ3) is 17.9. The fraction of sp³-hybridized carbons (Fsp3) is 0. The molecule has 0 aliphatic heterocycles. The predicted octanol–water partition coefficient (Wildman–Crippen LogP) is 27.3. The minimum Gasteiger partial charge on any atom is -0.457 e. The molecule has 0 unspecified atom stereocenters. The molecule has 0 amide bonds. The maximum atomic E-state index is 13.2. The molecule has 0 aromatic heterocycles. The lowest BCUT2D eigenvalue weighted by Gasteiger charge is -2.16. The highest BCUT2D eigenvalue weighted by atomic mass is 35.5. The van der Waals surface area contributed by atoms with Gasteiger partial charge in [-0.2, -0.15) is 0 Å². The van der Waals surface area contributed by atoms with Crippen LogP contribution in [0.1, 0.15) is 31.8 Å². The van der Waals surface area contributed by atoms with E-state index in [0.717, 1.165) is 66.8 Å². The summed E-state index contributed by atoms with van der Waals surface area (Å²) in [7, 11) is -7.49. The van der Waals surface area contributed by atoms with Gasteiger partial charge in [-0.25, -0.2) is 16.8 Å². The van der Waals surface area contributed by atoms with E-state index in [2.05, 4.69) is 48.5 Å². The van der Waals surface area contributed by atoms with Crippen molar-refractivity contribution in [1.29, 1.82) is 0 Å². The normalized spacial score (nSPS) is 11.2. The summed E-state index contributed by atoms with van der Waals surface area (Å²) in [4.78, 5) is 26.7. The minimum absolute atomic E-state index is 0.0894. The maximum absolute atomic E-state index is 13.2. The highest BCUT2D eigenvalue weighted by Gasteiger charge is 2.23. The van der Waals surface area contributed by atoms with Gasteiger partial charge in [-0.3, -0.25) is 9.59 Å². The van der Waals surface area contributed by atoms with E-state index in [1.807, 2.05) is 170 Å². The van der Waals surface area contributed by atoms with Crippen LogP contribution in [0.15, 0.2) is 408 Å². The Morgan fingerprint density at radius 3 is 0.605 bits per heavy atom. The first-order chi connectivity index (χ1) is 55.4. The summed E-state index contributed by atoms with van der Waals surface area (Å²) in [5.41, 5.74) is 13.5. The quantitative estimate of drug-likeness (QED) is 0.0603. The van der Waals surface area contributed by atoms with Crippen molar-refractivity contribution in [3.63, 3.8) is 0 Å². The molecule has 0 radical (unpaired) electrons. The zero-order valence-electron chi connectivity index (χ0n) is 60.4. The third-order valence-electron chi connectivity index (χ3n) is 18.8. The Kier molecular flexibility index (Phi) is 23.1. The van der Waals surface area contributed by atoms with Crippen molar-refractivity contribution in [2.75, 3.05) is 0 Å². The fourth-order valence-electron chi connectivity index (χ4n) is 12.8. The number of carbonyl (C=O) groups excluding carboxylic acids is 2. The van der Waals surface area contributed by atoms with Gasteiger partial charge in [0.05, 0.1) is 19.6 Å². The zero-order valence-corrected chi connectivity index (χ0v) is 65.0. The summed E-state index contributed by atoms with van der Waals surface area (Å²) in [6.07, 6.45) is 0. The Morgan fingerprint density at radius 1 is 0.202 bits per heavy atom. The molecule has 0 atom stereocenters. The molecule has 10 nitrogen and oxygen atoms in total. The van der Waals surface area contributed by atoms with Crippen molar-refractivity contribution in [2.45, 2.75) is 19.6 Å². The number of hydrogen-bond acceptors (Lipinski definition) is 10. The highest BCUT2D eigenvalue weighted by molar-refractivity contribution is 7.91. The van der Waals surface area contributed by atoms with Crippen LogP contribution in [0.4, 0.5) is 0 Å². The first-order valence-electron chi connectivity index (χ1n) is 35.9. The van der Waals surface area contributed by atoms with E-state index < -0.39 is 19.7 Å². The largest absolute Gasteiger partial charge is 0.457 e. The fourth-order valence-corrected chi connectivity index (χ4v) is 15.9. The molecule has 0 heterocycles. The van der Waals surface area contributed by atoms with Crippen LogP contribution in [0, 0.1) is 0 Å². The first-order valence-corrected chi connectivity index (χ1v) is 40.4. The Morgan fingerprint density at radius 2 is 0.386 bits per heavy atom. The molecule has 0 spiro atoms. The summed E-state index contributed by atoms with van der Waals surface area (Å²) >= 11 is 24.0. The lowest BCUT2D eigenvalue weighted by Crippen LogP contribution is -2.01. The number of sulfone groups is 2. The topological polar surface area (TPSA) is 139 Å². The highest BCUT2D eigenvalue weighted by Crippen LogP contribution is 2.44. The Labute approximate surface area is 680 Å². The van der Waals surface area contributed by atoms with Gasteiger partial charge in [0.2, 0.25) is 19.7 Å². The summed E-state index contributed by atoms with van der Waals surface area (Å²) in [5.74, 6) is 4.53. The van der Waals surface area contributed by atoms with E-state index in [0.29, 0.717) is 88.3 Å². The van der Waals surface area contributed by atoms with Gasteiger partial charge in [0, 0.05) is 64.6 Å². The van der Waals surface area contributed by atoms with Crippen molar-refractivity contribution >= 4 is 77.6 Å². The minimum atomic E-state index is -3.74. The van der Waals surface area contributed by atoms with Gasteiger partial charge in [-0.15, -0.1) is 0 Å². The average molecular weight is 1610 g/mol. The van der Waals surface area contributed by atoms with E-state index in [-0.39, 0.29) is 31.1 Å². The number of benzene rings is 16.